The van der Waals surface area contributed by atoms with Crippen LogP contribution in [0.15, 0.2) is 68.6 Å². The van der Waals surface area contributed by atoms with Crippen molar-refractivity contribution in [3.05, 3.63) is 59.1 Å². The molecule has 4 aromatic rings. The first-order valence-electron chi connectivity index (χ1n) is 9.42. The summed E-state index contributed by atoms with van der Waals surface area (Å²) in [6, 6.07) is 10.0. The van der Waals surface area contributed by atoms with Gasteiger partial charge < -0.3 is 10.4 Å². The first-order valence-corrected chi connectivity index (χ1v) is 13.1. The van der Waals surface area contributed by atoms with E-state index >= 15 is 0 Å². The fourth-order valence-corrected chi connectivity index (χ4v) is 4.80. The number of hydrogen-bond donors (Lipinski definition) is 4. The van der Waals surface area contributed by atoms with Gasteiger partial charge in [0.25, 0.3) is 20.2 Å². The number of nitrogens with zero attached hydrogens (tertiary/aromatic N) is 5. The second kappa shape index (κ2) is 9.53. The van der Waals surface area contributed by atoms with Gasteiger partial charge in [-0.25, -0.2) is 0 Å². The van der Waals surface area contributed by atoms with Crippen molar-refractivity contribution in [2.24, 2.45) is 10.2 Å². The maximum absolute atomic E-state index is 11.9. The first kappa shape index (κ1) is 25.6. The molecule has 36 heavy (non-hydrogen) atoms. The predicted octanol–water partition coefficient (Wildman–Crippen LogP) is 4.69. The van der Waals surface area contributed by atoms with E-state index in [4.69, 9.17) is 23.2 Å². The molecule has 0 aliphatic rings. The number of anilines is 2. The van der Waals surface area contributed by atoms with Crippen LogP contribution >= 0.6 is 23.2 Å². The molecule has 17 heteroatoms. The minimum atomic E-state index is -4.78. The van der Waals surface area contributed by atoms with Crippen LogP contribution in [0.3, 0.4) is 0 Å². The molecule has 0 radical (unpaired) electrons. The quantitative estimate of drug-likeness (QED) is 0.185. The molecule has 3 aromatic carbocycles. The van der Waals surface area contributed by atoms with E-state index < -0.39 is 47.2 Å². The molecule has 0 aliphatic heterocycles. The fourth-order valence-electron chi connectivity index (χ4n) is 3.11. The van der Waals surface area contributed by atoms with Crippen LogP contribution in [-0.2, 0) is 20.2 Å². The number of azo groups is 1. The molecule has 0 bridgehead atoms. The maximum Gasteiger partial charge on any atom is 0.296 e. The summed E-state index contributed by atoms with van der Waals surface area (Å²) in [6.45, 7) is 0. The molecule has 0 atom stereocenters. The van der Waals surface area contributed by atoms with Gasteiger partial charge in [-0.05, 0) is 47.5 Å². The van der Waals surface area contributed by atoms with Gasteiger partial charge >= 0.3 is 0 Å². The van der Waals surface area contributed by atoms with Crippen LogP contribution in [0.5, 0.6) is 5.75 Å². The van der Waals surface area contributed by atoms with Crippen molar-refractivity contribution in [3.63, 3.8) is 0 Å². The average Bonchev–Trinajstić information content (AvgIpc) is 2.76. The summed E-state index contributed by atoms with van der Waals surface area (Å²) >= 11 is 11.5. The van der Waals surface area contributed by atoms with Crippen LogP contribution in [0.4, 0.5) is 23.0 Å². The molecule has 0 unspecified atom stereocenters. The summed E-state index contributed by atoms with van der Waals surface area (Å²) in [6.07, 6.45) is 0. The Morgan fingerprint density at radius 1 is 0.750 bits per heavy atom. The number of hydrogen-bond acceptors (Lipinski definition) is 11. The molecule has 1 aromatic heterocycles. The van der Waals surface area contributed by atoms with Crippen molar-refractivity contribution in [2.45, 2.75) is 9.79 Å². The molecule has 0 fully saturated rings. The van der Waals surface area contributed by atoms with Crippen molar-refractivity contribution >= 4 is 77.2 Å². The summed E-state index contributed by atoms with van der Waals surface area (Å²) in [5.74, 6) is -0.577. The van der Waals surface area contributed by atoms with Gasteiger partial charge in [-0.15, -0.1) is 10.2 Å². The molecular weight excluding hydrogens is 559 g/mol. The van der Waals surface area contributed by atoms with E-state index in [-0.39, 0.29) is 33.0 Å². The number of aromatic hydroxyl groups is 1. The van der Waals surface area contributed by atoms with Gasteiger partial charge in [0.1, 0.15) is 21.2 Å². The monoisotopic (exact) mass is 570 g/mol. The van der Waals surface area contributed by atoms with Crippen LogP contribution in [0.1, 0.15) is 0 Å². The molecular formula is C19H12Cl2N6O7S2. The van der Waals surface area contributed by atoms with Crippen molar-refractivity contribution in [3.8, 4) is 5.75 Å². The van der Waals surface area contributed by atoms with Crippen molar-refractivity contribution in [1.29, 1.82) is 0 Å². The molecule has 0 aliphatic carbocycles. The molecule has 13 nitrogen and oxygen atoms in total. The minimum absolute atomic E-state index is 0.0240. The van der Waals surface area contributed by atoms with Crippen molar-refractivity contribution in [1.82, 2.24) is 15.0 Å². The number of fused-ring (bicyclic) bond motifs is 1. The Morgan fingerprint density at radius 2 is 1.33 bits per heavy atom. The zero-order valence-corrected chi connectivity index (χ0v) is 20.5. The molecule has 4 rings (SSSR count). The zero-order valence-electron chi connectivity index (χ0n) is 17.4. The summed E-state index contributed by atoms with van der Waals surface area (Å²) in [5, 5.41) is 20.5. The lowest BCUT2D eigenvalue weighted by Gasteiger charge is -2.09. The Kier molecular flexibility index (Phi) is 6.78. The zero-order chi connectivity index (χ0) is 26.3. The van der Waals surface area contributed by atoms with Crippen LogP contribution in [-0.4, -0.2) is 46.0 Å². The second-order valence-corrected chi connectivity index (χ2v) is 10.4. The van der Waals surface area contributed by atoms with E-state index in [2.05, 4.69) is 30.5 Å². The molecule has 1 heterocycles. The first-order chi connectivity index (χ1) is 16.8. The largest absolute Gasteiger partial charge is 0.505 e. The molecule has 0 amide bonds. The van der Waals surface area contributed by atoms with Gasteiger partial charge in [0, 0.05) is 16.5 Å². The van der Waals surface area contributed by atoms with E-state index in [1.54, 1.807) is 0 Å². The van der Waals surface area contributed by atoms with Gasteiger partial charge in [-0.2, -0.15) is 31.8 Å². The van der Waals surface area contributed by atoms with E-state index in [0.717, 1.165) is 18.2 Å². The lowest BCUT2D eigenvalue weighted by Crippen LogP contribution is -2.01. The van der Waals surface area contributed by atoms with Crippen LogP contribution < -0.4 is 5.32 Å². The molecule has 4 N–H and O–H groups in total. The maximum atomic E-state index is 11.9. The fraction of sp³-hybridized carbons (Fsp3) is 0. The second-order valence-electron chi connectivity index (χ2n) is 6.94. The van der Waals surface area contributed by atoms with Gasteiger partial charge in [-0.3, -0.25) is 9.11 Å². The van der Waals surface area contributed by atoms with Crippen LogP contribution in [0.2, 0.25) is 10.6 Å². The number of rotatable bonds is 6. The summed E-state index contributed by atoms with van der Waals surface area (Å²) in [4.78, 5) is 10.0. The standard InChI is InChI=1S/C19H12Cl2N6O7S2/c20-17-23-18(21)25-19(24-17)22-9-5-6-14(35(29,30)31)12(7-9)26-27-13-8-15(36(32,33)34)10-3-1-2-4-11(10)16(13)28/h1-8,28H,(H,29,30,31)(H,32,33,34)(H,22,23,24,25). The normalized spacial score (nSPS) is 12.3. The lowest BCUT2D eigenvalue weighted by atomic mass is 10.1. The predicted molar refractivity (Wildman–Crippen MR) is 129 cm³/mol. The number of phenols is 1. The topological polar surface area (TPSA) is 204 Å². The third kappa shape index (κ3) is 5.51. The van der Waals surface area contributed by atoms with E-state index in [9.17, 15) is 31.0 Å². The Hall–Kier alpha value is -3.47. The highest BCUT2D eigenvalue weighted by Gasteiger charge is 2.20. The smallest absolute Gasteiger partial charge is 0.296 e. The van der Waals surface area contributed by atoms with Crippen molar-refractivity contribution < 1.29 is 31.0 Å². The molecule has 0 spiro atoms. The molecule has 186 valence electrons. The summed E-state index contributed by atoms with van der Waals surface area (Å²) < 4.78 is 66.7. The van der Waals surface area contributed by atoms with Gasteiger partial charge in [0.15, 0.2) is 5.75 Å². The lowest BCUT2D eigenvalue weighted by molar-refractivity contribution is 0.479. The summed E-state index contributed by atoms with van der Waals surface area (Å²) in [5.41, 5.74) is -0.650. The van der Waals surface area contributed by atoms with Gasteiger partial charge in [0.2, 0.25) is 16.5 Å². The third-order valence-corrected chi connectivity index (χ3v) is 6.71. The highest BCUT2D eigenvalue weighted by Crippen LogP contribution is 2.40. The average molecular weight is 571 g/mol. The number of phenolic OH excluding ortho intramolecular Hbond substituents is 1. The van der Waals surface area contributed by atoms with E-state index in [1.165, 1.54) is 30.3 Å². The highest BCUT2D eigenvalue weighted by molar-refractivity contribution is 7.86. The summed E-state index contributed by atoms with van der Waals surface area (Å²) in [7, 11) is -9.51. The number of benzene rings is 3. The Morgan fingerprint density at radius 3 is 1.94 bits per heavy atom. The van der Waals surface area contributed by atoms with Gasteiger partial charge in [-0.1, -0.05) is 24.3 Å². The number of halogens is 2. The number of aromatic nitrogens is 3. The van der Waals surface area contributed by atoms with Gasteiger partial charge in [0.05, 0.1) is 0 Å². The highest BCUT2D eigenvalue weighted by atomic mass is 35.5. The van der Waals surface area contributed by atoms with Crippen LogP contribution in [0, 0.1) is 0 Å². The van der Waals surface area contributed by atoms with Crippen LogP contribution in [0.25, 0.3) is 10.8 Å². The SMILES string of the molecule is O=S(=O)(O)c1ccc(Nc2nc(Cl)nc(Cl)n2)cc1N=Nc1cc(S(=O)(=O)O)c2ccccc2c1O. The van der Waals surface area contributed by atoms with E-state index in [0.29, 0.717) is 0 Å². The van der Waals surface area contributed by atoms with Crippen molar-refractivity contribution in [2.75, 3.05) is 5.32 Å². The number of nitrogens with one attached hydrogen (secondary N) is 1. The molecule has 0 saturated carbocycles. The Bertz CT molecular complexity index is 1750. The molecule has 0 saturated heterocycles. The Labute approximate surface area is 213 Å². The Balaban J connectivity index is 1.84. The van der Waals surface area contributed by atoms with E-state index in [1.807, 2.05) is 0 Å². The third-order valence-electron chi connectivity index (χ3n) is 4.58. The minimum Gasteiger partial charge on any atom is -0.505 e.